The van der Waals surface area contributed by atoms with Gasteiger partial charge >= 0.3 is 23.9 Å². The second-order valence-corrected chi connectivity index (χ2v) is 7.54. The quantitative estimate of drug-likeness (QED) is 0.431. The van der Waals surface area contributed by atoms with Gasteiger partial charge in [0, 0.05) is 29.3 Å². The van der Waals surface area contributed by atoms with E-state index in [-0.39, 0.29) is 34.8 Å². The van der Waals surface area contributed by atoms with Gasteiger partial charge in [-0.3, -0.25) is 9.59 Å². The number of anilines is 1. The van der Waals surface area contributed by atoms with Crippen LogP contribution in [0.15, 0.2) is 33.8 Å². The van der Waals surface area contributed by atoms with Crippen molar-refractivity contribution in [1.82, 2.24) is 5.43 Å². The van der Waals surface area contributed by atoms with Gasteiger partial charge in [-0.05, 0) is 31.9 Å². The number of amides is 2. The molecule has 0 saturated carbocycles. The number of nitrogens with one attached hydrogen (secondary N) is 2. The summed E-state index contributed by atoms with van der Waals surface area (Å²) in [7, 11) is 1.44. The van der Waals surface area contributed by atoms with E-state index < -0.39 is 29.8 Å². The van der Waals surface area contributed by atoms with Crippen LogP contribution in [0, 0.1) is 6.92 Å². The van der Waals surface area contributed by atoms with Crippen molar-refractivity contribution in [3.63, 3.8) is 0 Å². The predicted octanol–water partition coefficient (Wildman–Crippen LogP) is 4.84. The molecule has 2 N–H and O–H groups in total. The Morgan fingerprint density at radius 2 is 1.77 bits per heavy atom. The number of hydrogen-bond acceptors (Lipinski definition) is 5. The Hall–Kier alpha value is -3.58. The van der Waals surface area contributed by atoms with E-state index in [1.807, 2.05) is 0 Å². The zero-order valence-electron chi connectivity index (χ0n) is 18.2. The maximum absolute atomic E-state index is 13.6. The number of aryl methyl sites for hydroxylation is 1. The first-order valence-electron chi connectivity index (χ1n) is 9.98. The van der Waals surface area contributed by atoms with E-state index in [4.69, 9.17) is 9.15 Å². The van der Waals surface area contributed by atoms with E-state index in [0.717, 1.165) is 5.43 Å². The van der Waals surface area contributed by atoms with Crippen molar-refractivity contribution in [3.05, 3.63) is 46.9 Å². The third-order valence-corrected chi connectivity index (χ3v) is 5.19. The first-order chi connectivity index (χ1) is 16.2. The number of furan rings is 1. The van der Waals surface area contributed by atoms with E-state index in [1.54, 1.807) is 18.2 Å². The zero-order valence-corrected chi connectivity index (χ0v) is 18.2. The third-order valence-electron chi connectivity index (χ3n) is 5.19. The number of rotatable bonds is 6. The summed E-state index contributed by atoms with van der Waals surface area (Å²) in [5.74, 6) is -15.8. The highest BCUT2D eigenvalue weighted by molar-refractivity contribution is 6.09. The van der Waals surface area contributed by atoms with Crippen LogP contribution in [0.5, 0.6) is 5.75 Å². The van der Waals surface area contributed by atoms with E-state index >= 15 is 0 Å². The van der Waals surface area contributed by atoms with Crippen molar-refractivity contribution in [2.75, 3.05) is 12.4 Å². The number of halogens is 7. The molecule has 1 heterocycles. The largest absolute Gasteiger partial charge is 0.497 e. The van der Waals surface area contributed by atoms with Gasteiger partial charge in [0.15, 0.2) is 5.76 Å². The molecule has 1 aliphatic carbocycles. The minimum atomic E-state index is -6.66. The van der Waals surface area contributed by atoms with Gasteiger partial charge in [-0.15, -0.1) is 0 Å². The third kappa shape index (κ3) is 4.82. The second kappa shape index (κ2) is 9.23. The van der Waals surface area contributed by atoms with Crippen LogP contribution in [-0.2, 0) is 11.2 Å². The summed E-state index contributed by atoms with van der Waals surface area (Å²) >= 11 is 0. The molecule has 0 bridgehead atoms. The lowest BCUT2D eigenvalue weighted by Gasteiger charge is -2.26. The molecule has 3 rings (SSSR count). The Morgan fingerprint density at radius 1 is 1.09 bits per heavy atom. The highest BCUT2D eigenvalue weighted by Crippen LogP contribution is 2.46. The van der Waals surface area contributed by atoms with Crippen LogP contribution >= 0.6 is 0 Å². The summed E-state index contributed by atoms with van der Waals surface area (Å²) in [6.07, 6.45) is -5.99. The summed E-state index contributed by atoms with van der Waals surface area (Å²) in [6, 6.07) is 6.39. The standard InChI is InChI=1S/C21H18F7N3O4/c1-10-15-13(30-31-18(33)19(22,23)20(24,25)21(26,27)28)7-4-8-14(15)35-16(10)17(32)29-11-5-3-6-12(9-11)34-2/h3,5-6,9H,4,7-8H2,1-2H3,(H,29,32)(H,31,33)/b30-13+. The topological polar surface area (TPSA) is 92.9 Å². The van der Waals surface area contributed by atoms with E-state index in [9.17, 15) is 40.3 Å². The molecule has 0 saturated heterocycles. The van der Waals surface area contributed by atoms with Crippen molar-refractivity contribution < 1.29 is 49.5 Å². The van der Waals surface area contributed by atoms with Crippen LogP contribution < -0.4 is 15.5 Å². The van der Waals surface area contributed by atoms with Crippen LogP contribution in [0.1, 0.15) is 40.3 Å². The fraction of sp³-hybridized carbons (Fsp3) is 0.381. The Kier molecular flexibility index (Phi) is 6.86. The van der Waals surface area contributed by atoms with Crippen LogP contribution in [0.3, 0.4) is 0 Å². The lowest BCUT2D eigenvalue weighted by Crippen LogP contribution is -2.58. The number of hydrazone groups is 1. The number of ether oxygens (including phenoxy) is 1. The lowest BCUT2D eigenvalue weighted by atomic mass is 9.93. The molecule has 0 radical (unpaired) electrons. The summed E-state index contributed by atoms with van der Waals surface area (Å²) < 4.78 is 101. The fourth-order valence-corrected chi connectivity index (χ4v) is 3.39. The Morgan fingerprint density at radius 3 is 2.40 bits per heavy atom. The molecule has 0 fully saturated rings. The van der Waals surface area contributed by atoms with Crippen LogP contribution in [0.25, 0.3) is 0 Å². The zero-order chi connectivity index (χ0) is 26.2. The molecule has 0 aliphatic heterocycles. The highest BCUT2D eigenvalue weighted by Gasteiger charge is 2.76. The smallest absolute Gasteiger partial charge is 0.460 e. The first kappa shape index (κ1) is 26.0. The molecular formula is C21H18F7N3O4. The van der Waals surface area contributed by atoms with Crippen LogP contribution in [0.2, 0.25) is 0 Å². The first-order valence-corrected chi connectivity index (χ1v) is 9.98. The maximum Gasteiger partial charge on any atom is 0.460 e. The van der Waals surface area contributed by atoms with Crippen molar-refractivity contribution in [3.8, 4) is 5.75 Å². The lowest BCUT2D eigenvalue weighted by molar-refractivity contribution is -0.344. The summed E-state index contributed by atoms with van der Waals surface area (Å²) in [5.41, 5.74) is 1.72. The molecule has 1 aromatic heterocycles. The molecule has 0 spiro atoms. The number of fused-ring (bicyclic) bond motifs is 1. The molecule has 35 heavy (non-hydrogen) atoms. The Labute approximate surface area is 193 Å². The van der Waals surface area contributed by atoms with Gasteiger partial charge in [-0.25, -0.2) is 5.43 Å². The van der Waals surface area contributed by atoms with Crippen LogP contribution in [0.4, 0.5) is 36.4 Å². The van der Waals surface area contributed by atoms with Crippen molar-refractivity contribution in [2.24, 2.45) is 5.10 Å². The maximum atomic E-state index is 13.6. The van der Waals surface area contributed by atoms with Gasteiger partial charge < -0.3 is 14.5 Å². The number of carbonyl (C=O) groups excluding carboxylic acids is 2. The molecule has 14 heteroatoms. The molecule has 2 aromatic rings. The number of alkyl halides is 7. The Bertz CT molecular complexity index is 1170. The summed E-state index contributed by atoms with van der Waals surface area (Å²) in [5, 5.41) is 5.94. The van der Waals surface area contributed by atoms with Crippen molar-refractivity contribution in [1.29, 1.82) is 0 Å². The number of benzene rings is 1. The summed E-state index contributed by atoms with van der Waals surface area (Å²) in [4.78, 5) is 24.2. The monoisotopic (exact) mass is 509 g/mol. The molecule has 190 valence electrons. The second-order valence-electron chi connectivity index (χ2n) is 7.54. The van der Waals surface area contributed by atoms with Crippen molar-refractivity contribution >= 4 is 23.2 Å². The van der Waals surface area contributed by atoms with E-state index in [2.05, 4.69) is 10.4 Å². The highest BCUT2D eigenvalue weighted by atomic mass is 19.4. The molecule has 7 nitrogen and oxygen atoms in total. The fourth-order valence-electron chi connectivity index (χ4n) is 3.39. The number of carbonyl (C=O) groups is 2. The van der Waals surface area contributed by atoms with E-state index in [1.165, 1.54) is 20.1 Å². The van der Waals surface area contributed by atoms with Gasteiger partial charge in [0.05, 0.1) is 12.8 Å². The number of nitrogens with zero attached hydrogens (tertiary/aromatic N) is 1. The molecule has 1 aromatic carbocycles. The van der Waals surface area contributed by atoms with Gasteiger partial charge in [0.1, 0.15) is 11.5 Å². The number of hydrogen-bond donors (Lipinski definition) is 2. The number of methoxy groups -OCH3 is 1. The van der Waals surface area contributed by atoms with Gasteiger partial charge in [-0.2, -0.15) is 35.8 Å². The summed E-state index contributed by atoms with van der Waals surface area (Å²) in [6.45, 7) is 1.44. The normalized spacial score (nSPS) is 15.5. The van der Waals surface area contributed by atoms with Crippen LogP contribution in [-0.4, -0.2) is 42.7 Å². The van der Waals surface area contributed by atoms with Gasteiger partial charge in [0.2, 0.25) is 0 Å². The molecule has 0 unspecified atom stereocenters. The average molecular weight is 509 g/mol. The van der Waals surface area contributed by atoms with Gasteiger partial charge in [-0.1, -0.05) is 6.07 Å². The minimum Gasteiger partial charge on any atom is -0.497 e. The predicted molar refractivity (Wildman–Crippen MR) is 108 cm³/mol. The van der Waals surface area contributed by atoms with Crippen molar-refractivity contribution in [2.45, 2.75) is 44.2 Å². The Balaban J connectivity index is 1.85. The average Bonchev–Trinajstić information content (AvgIpc) is 3.13. The molecule has 1 aliphatic rings. The van der Waals surface area contributed by atoms with Gasteiger partial charge in [0.25, 0.3) is 5.91 Å². The van der Waals surface area contributed by atoms with E-state index in [0.29, 0.717) is 24.3 Å². The molecule has 0 atom stereocenters. The SMILES string of the molecule is COc1cccc(NC(=O)c2oc3c(c2C)/C(=N/NC(=O)C(F)(F)C(F)(F)C(F)(F)F)CCC3)c1. The molecule has 2 amide bonds. The minimum absolute atomic E-state index is 0.0475. The molecular weight excluding hydrogens is 491 g/mol.